The lowest BCUT2D eigenvalue weighted by atomic mass is 10.3. The molecule has 3 nitrogen and oxygen atoms in total. The highest BCUT2D eigenvalue weighted by atomic mass is 32.1. The number of hydrogen-bond acceptors (Lipinski definition) is 3. The largest absolute Gasteiger partial charge is 0.478 e. The van der Waals surface area contributed by atoms with Crippen LogP contribution >= 0.6 is 11.3 Å². The second kappa shape index (κ2) is 4.99. The summed E-state index contributed by atoms with van der Waals surface area (Å²) in [4.78, 5) is 11.6. The zero-order valence-electron chi connectivity index (χ0n) is 7.54. The molecule has 4 heteroatoms. The number of carboxylic acids is 1. The van der Waals surface area contributed by atoms with Crippen molar-refractivity contribution in [3.8, 4) is 0 Å². The lowest BCUT2D eigenvalue weighted by molar-refractivity contribution is 0.0697. The first-order valence-electron chi connectivity index (χ1n) is 4.25. The van der Waals surface area contributed by atoms with Gasteiger partial charge in [0, 0.05) is 16.8 Å². The maximum Gasteiger partial charge on any atom is 0.336 e. The normalized spacial score (nSPS) is 10.2. The molecule has 0 aliphatic heterocycles. The molecule has 13 heavy (non-hydrogen) atoms. The predicted octanol–water partition coefficient (Wildman–Crippen LogP) is 1.95. The van der Waals surface area contributed by atoms with E-state index in [0.29, 0.717) is 5.56 Å². The van der Waals surface area contributed by atoms with Gasteiger partial charge in [0.25, 0.3) is 0 Å². The highest BCUT2D eigenvalue weighted by molar-refractivity contribution is 7.10. The summed E-state index contributed by atoms with van der Waals surface area (Å²) in [7, 11) is 0. The SMILES string of the molecule is CCCNCc1cc(C(=O)O)cs1. The Morgan fingerprint density at radius 3 is 3.00 bits per heavy atom. The van der Waals surface area contributed by atoms with Crippen molar-refractivity contribution in [2.75, 3.05) is 6.54 Å². The number of hydrogen-bond donors (Lipinski definition) is 2. The zero-order valence-corrected chi connectivity index (χ0v) is 8.36. The van der Waals surface area contributed by atoms with Gasteiger partial charge in [-0.2, -0.15) is 0 Å². The summed E-state index contributed by atoms with van der Waals surface area (Å²) >= 11 is 1.48. The van der Waals surface area contributed by atoms with E-state index in [2.05, 4.69) is 12.2 Å². The Hall–Kier alpha value is -0.870. The Bertz CT molecular complexity index is 283. The van der Waals surface area contributed by atoms with E-state index in [1.807, 2.05) is 0 Å². The van der Waals surface area contributed by atoms with Crippen LogP contribution in [-0.4, -0.2) is 17.6 Å². The Balaban J connectivity index is 2.44. The molecular formula is C9H13NO2S. The molecule has 0 fully saturated rings. The second-order valence-electron chi connectivity index (χ2n) is 2.78. The van der Waals surface area contributed by atoms with E-state index < -0.39 is 5.97 Å². The molecule has 0 aliphatic rings. The summed E-state index contributed by atoms with van der Waals surface area (Å²) in [5, 5.41) is 13.5. The Morgan fingerprint density at radius 1 is 1.69 bits per heavy atom. The lowest BCUT2D eigenvalue weighted by Gasteiger charge is -1.98. The van der Waals surface area contributed by atoms with Crippen molar-refractivity contribution in [3.05, 3.63) is 21.9 Å². The molecule has 1 aromatic heterocycles. The predicted molar refractivity (Wildman–Crippen MR) is 53.3 cm³/mol. The highest BCUT2D eigenvalue weighted by Crippen LogP contribution is 2.14. The first-order chi connectivity index (χ1) is 6.24. The van der Waals surface area contributed by atoms with Crippen LogP contribution in [0.2, 0.25) is 0 Å². The van der Waals surface area contributed by atoms with Gasteiger partial charge in [-0.25, -0.2) is 4.79 Å². The standard InChI is InChI=1S/C9H13NO2S/c1-2-3-10-5-8-4-7(6-13-8)9(11)12/h4,6,10H,2-3,5H2,1H3,(H,11,12). The second-order valence-corrected chi connectivity index (χ2v) is 3.78. The summed E-state index contributed by atoms with van der Waals surface area (Å²) in [5.74, 6) is -0.849. The third-order valence-corrected chi connectivity index (χ3v) is 2.56. The van der Waals surface area contributed by atoms with E-state index in [9.17, 15) is 4.79 Å². The van der Waals surface area contributed by atoms with Crippen molar-refractivity contribution in [3.63, 3.8) is 0 Å². The van der Waals surface area contributed by atoms with Crippen molar-refractivity contribution in [1.82, 2.24) is 5.32 Å². The van der Waals surface area contributed by atoms with Crippen LogP contribution in [0.15, 0.2) is 11.4 Å². The van der Waals surface area contributed by atoms with Gasteiger partial charge in [0.1, 0.15) is 0 Å². The van der Waals surface area contributed by atoms with Crippen LogP contribution in [0.1, 0.15) is 28.6 Å². The van der Waals surface area contributed by atoms with Gasteiger partial charge in [-0.1, -0.05) is 6.92 Å². The molecule has 72 valence electrons. The first-order valence-corrected chi connectivity index (χ1v) is 5.13. The summed E-state index contributed by atoms with van der Waals surface area (Å²) < 4.78 is 0. The van der Waals surface area contributed by atoms with Crippen molar-refractivity contribution < 1.29 is 9.90 Å². The van der Waals surface area contributed by atoms with E-state index >= 15 is 0 Å². The van der Waals surface area contributed by atoms with Crippen LogP contribution in [0, 0.1) is 0 Å². The fourth-order valence-corrected chi connectivity index (χ4v) is 1.80. The van der Waals surface area contributed by atoms with Gasteiger partial charge >= 0.3 is 5.97 Å². The molecule has 0 unspecified atom stereocenters. The minimum Gasteiger partial charge on any atom is -0.478 e. The molecule has 0 atom stereocenters. The van der Waals surface area contributed by atoms with E-state index in [0.717, 1.165) is 24.4 Å². The topological polar surface area (TPSA) is 49.3 Å². The van der Waals surface area contributed by atoms with Gasteiger partial charge in [0.05, 0.1) is 5.56 Å². The molecule has 2 N–H and O–H groups in total. The fraction of sp³-hybridized carbons (Fsp3) is 0.444. The number of carboxylic acid groups (broad SMARTS) is 1. The minimum atomic E-state index is -0.849. The molecule has 1 heterocycles. The monoisotopic (exact) mass is 199 g/mol. The van der Waals surface area contributed by atoms with Gasteiger partial charge in [0.15, 0.2) is 0 Å². The average molecular weight is 199 g/mol. The van der Waals surface area contributed by atoms with Crippen LogP contribution < -0.4 is 5.32 Å². The minimum absolute atomic E-state index is 0.387. The van der Waals surface area contributed by atoms with Gasteiger partial charge in [-0.05, 0) is 19.0 Å². The Morgan fingerprint density at radius 2 is 2.46 bits per heavy atom. The molecule has 0 aliphatic carbocycles. The number of thiophene rings is 1. The van der Waals surface area contributed by atoms with Gasteiger partial charge in [0.2, 0.25) is 0 Å². The molecule has 1 aromatic rings. The lowest BCUT2D eigenvalue weighted by Crippen LogP contribution is -2.12. The molecule has 0 bridgehead atoms. The molecule has 0 amide bonds. The maximum absolute atomic E-state index is 10.5. The summed E-state index contributed by atoms with van der Waals surface area (Å²) in [6.45, 7) is 3.84. The van der Waals surface area contributed by atoms with Crippen LogP contribution in [0.25, 0.3) is 0 Å². The van der Waals surface area contributed by atoms with Gasteiger partial charge < -0.3 is 10.4 Å². The summed E-state index contributed by atoms with van der Waals surface area (Å²) in [5.41, 5.74) is 0.387. The van der Waals surface area contributed by atoms with Crippen LogP contribution in [0.4, 0.5) is 0 Å². The van der Waals surface area contributed by atoms with Crippen LogP contribution in [0.3, 0.4) is 0 Å². The molecule has 0 saturated carbocycles. The fourth-order valence-electron chi connectivity index (χ4n) is 0.974. The number of aromatic carboxylic acids is 1. The van der Waals surface area contributed by atoms with Gasteiger partial charge in [-0.15, -0.1) is 11.3 Å². The highest BCUT2D eigenvalue weighted by Gasteiger charge is 2.05. The van der Waals surface area contributed by atoms with E-state index in [1.54, 1.807) is 11.4 Å². The van der Waals surface area contributed by atoms with Crippen molar-refractivity contribution >= 4 is 17.3 Å². The van der Waals surface area contributed by atoms with E-state index in [-0.39, 0.29) is 0 Å². The Labute approximate surface area is 81.4 Å². The molecular weight excluding hydrogens is 186 g/mol. The summed E-state index contributed by atoms with van der Waals surface area (Å²) in [6.07, 6.45) is 1.09. The molecule has 0 radical (unpaired) electrons. The van der Waals surface area contributed by atoms with Crippen molar-refractivity contribution in [2.45, 2.75) is 19.9 Å². The third kappa shape index (κ3) is 3.16. The quantitative estimate of drug-likeness (QED) is 0.712. The first kappa shape index (κ1) is 10.2. The van der Waals surface area contributed by atoms with Crippen LogP contribution in [0.5, 0.6) is 0 Å². The van der Waals surface area contributed by atoms with E-state index in [1.165, 1.54) is 11.3 Å². The van der Waals surface area contributed by atoms with Gasteiger partial charge in [-0.3, -0.25) is 0 Å². The van der Waals surface area contributed by atoms with Crippen molar-refractivity contribution in [2.24, 2.45) is 0 Å². The summed E-state index contributed by atoms with van der Waals surface area (Å²) in [6, 6.07) is 1.72. The van der Waals surface area contributed by atoms with Crippen LogP contribution in [-0.2, 0) is 6.54 Å². The maximum atomic E-state index is 10.5. The average Bonchev–Trinajstić information content (AvgIpc) is 2.53. The van der Waals surface area contributed by atoms with Crippen molar-refractivity contribution in [1.29, 1.82) is 0 Å². The number of nitrogens with one attached hydrogen (secondary N) is 1. The smallest absolute Gasteiger partial charge is 0.336 e. The molecule has 0 aromatic carbocycles. The number of rotatable bonds is 5. The molecule has 0 spiro atoms. The number of carbonyl (C=O) groups is 1. The third-order valence-electron chi connectivity index (χ3n) is 1.63. The zero-order chi connectivity index (χ0) is 9.68. The molecule has 0 saturated heterocycles. The van der Waals surface area contributed by atoms with E-state index in [4.69, 9.17) is 5.11 Å². The molecule has 1 rings (SSSR count). The Kier molecular flexibility index (Phi) is 3.92.